The Morgan fingerprint density at radius 3 is 2.54 bits per heavy atom. The molecular formula is C17H27N3O4. The maximum atomic E-state index is 11.0. The molecule has 0 saturated heterocycles. The average molecular weight is 337 g/mol. The second-order valence-corrected chi connectivity index (χ2v) is 5.06. The molecule has 0 aliphatic heterocycles. The van der Waals surface area contributed by atoms with Gasteiger partial charge in [-0.15, -0.1) is 0 Å². The number of ether oxygens (including phenoxy) is 3. The van der Waals surface area contributed by atoms with Crippen molar-refractivity contribution in [1.82, 2.24) is 10.6 Å². The number of rotatable bonds is 9. The van der Waals surface area contributed by atoms with Gasteiger partial charge in [-0.1, -0.05) is 0 Å². The van der Waals surface area contributed by atoms with Gasteiger partial charge in [-0.3, -0.25) is 9.79 Å². The first-order valence-corrected chi connectivity index (χ1v) is 7.86. The van der Waals surface area contributed by atoms with Crippen LogP contribution >= 0.6 is 0 Å². The van der Waals surface area contributed by atoms with Gasteiger partial charge in [-0.25, -0.2) is 0 Å². The van der Waals surface area contributed by atoms with Crippen molar-refractivity contribution in [1.29, 1.82) is 0 Å². The van der Waals surface area contributed by atoms with Gasteiger partial charge >= 0.3 is 5.97 Å². The molecule has 0 aromatic heterocycles. The number of aliphatic imine (C=N–C) groups is 1. The number of guanidine groups is 1. The van der Waals surface area contributed by atoms with Gasteiger partial charge in [0.15, 0.2) is 5.96 Å². The number of carbonyl (C=O) groups is 1. The number of unbranched alkanes of at least 4 members (excludes halogenated alkanes) is 1. The van der Waals surface area contributed by atoms with Gasteiger partial charge in [-0.05, 0) is 25.0 Å². The van der Waals surface area contributed by atoms with Crippen molar-refractivity contribution >= 4 is 11.9 Å². The molecule has 0 saturated carbocycles. The van der Waals surface area contributed by atoms with Crippen molar-refractivity contribution in [3.63, 3.8) is 0 Å². The lowest BCUT2D eigenvalue weighted by Crippen LogP contribution is -2.37. The van der Waals surface area contributed by atoms with Crippen LogP contribution in [0.2, 0.25) is 0 Å². The van der Waals surface area contributed by atoms with Gasteiger partial charge in [0.25, 0.3) is 0 Å². The van der Waals surface area contributed by atoms with Crippen molar-refractivity contribution in [3.05, 3.63) is 23.8 Å². The molecule has 0 amide bonds. The fraction of sp³-hybridized carbons (Fsp3) is 0.529. The molecule has 134 valence electrons. The minimum Gasteiger partial charge on any atom is -0.497 e. The number of carbonyl (C=O) groups excluding carboxylic acids is 1. The van der Waals surface area contributed by atoms with Crippen LogP contribution in [0.25, 0.3) is 0 Å². The van der Waals surface area contributed by atoms with E-state index < -0.39 is 0 Å². The van der Waals surface area contributed by atoms with Crippen LogP contribution in [0.5, 0.6) is 11.5 Å². The van der Waals surface area contributed by atoms with E-state index in [9.17, 15) is 4.79 Å². The van der Waals surface area contributed by atoms with Crippen molar-refractivity contribution in [2.45, 2.75) is 25.8 Å². The summed E-state index contributed by atoms with van der Waals surface area (Å²) in [7, 11) is 6.38. The Hall–Kier alpha value is -2.44. The first-order valence-electron chi connectivity index (χ1n) is 7.86. The summed E-state index contributed by atoms with van der Waals surface area (Å²) in [5.41, 5.74) is 1.01. The van der Waals surface area contributed by atoms with Crippen molar-refractivity contribution in [3.8, 4) is 11.5 Å². The van der Waals surface area contributed by atoms with Crippen LogP contribution in [0.1, 0.15) is 24.8 Å². The van der Waals surface area contributed by atoms with Crippen LogP contribution in [-0.2, 0) is 16.1 Å². The Labute approximate surface area is 143 Å². The molecule has 7 heteroatoms. The molecule has 7 nitrogen and oxygen atoms in total. The highest BCUT2D eigenvalue weighted by Gasteiger charge is 2.06. The maximum absolute atomic E-state index is 11.0. The summed E-state index contributed by atoms with van der Waals surface area (Å²) in [5, 5.41) is 6.45. The molecule has 0 bridgehead atoms. The third kappa shape index (κ3) is 6.76. The third-order valence-electron chi connectivity index (χ3n) is 3.49. The number of methoxy groups -OCH3 is 3. The van der Waals surface area contributed by atoms with Crippen LogP contribution in [0.4, 0.5) is 0 Å². The Kier molecular flexibility index (Phi) is 9.11. The largest absolute Gasteiger partial charge is 0.497 e. The molecule has 0 unspecified atom stereocenters. The second kappa shape index (κ2) is 11.2. The summed E-state index contributed by atoms with van der Waals surface area (Å²) >= 11 is 0. The van der Waals surface area contributed by atoms with E-state index in [0.717, 1.165) is 36.4 Å². The molecule has 2 N–H and O–H groups in total. The normalized spacial score (nSPS) is 10.9. The van der Waals surface area contributed by atoms with Gasteiger partial charge in [0.05, 0.1) is 21.3 Å². The Morgan fingerprint density at radius 2 is 1.92 bits per heavy atom. The number of esters is 1. The number of hydrogen-bond acceptors (Lipinski definition) is 5. The van der Waals surface area contributed by atoms with E-state index in [0.29, 0.717) is 18.9 Å². The third-order valence-corrected chi connectivity index (χ3v) is 3.49. The molecule has 0 atom stereocenters. The molecule has 0 heterocycles. The smallest absolute Gasteiger partial charge is 0.305 e. The Morgan fingerprint density at radius 1 is 1.12 bits per heavy atom. The lowest BCUT2D eigenvalue weighted by atomic mass is 10.2. The predicted molar refractivity (Wildman–Crippen MR) is 93.6 cm³/mol. The maximum Gasteiger partial charge on any atom is 0.305 e. The van der Waals surface area contributed by atoms with Crippen molar-refractivity contribution in [2.24, 2.45) is 4.99 Å². The van der Waals surface area contributed by atoms with Gasteiger partial charge in [-0.2, -0.15) is 0 Å². The molecular weight excluding hydrogens is 310 g/mol. The van der Waals surface area contributed by atoms with E-state index in [1.807, 2.05) is 18.2 Å². The summed E-state index contributed by atoms with van der Waals surface area (Å²) in [6.07, 6.45) is 2.08. The van der Waals surface area contributed by atoms with Crippen LogP contribution in [0.3, 0.4) is 0 Å². The minimum absolute atomic E-state index is 0.177. The first kappa shape index (κ1) is 19.6. The van der Waals surface area contributed by atoms with Gasteiger partial charge in [0.1, 0.15) is 11.5 Å². The van der Waals surface area contributed by atoms with Gasteiger partial charge in [0.2, 0.25) is 0 Å². The van der Waals surface area contributed by atoms with E-state index in [2.05, 4.69) is 20.4 Å². The summed E-state index contributed by atoms with van der Waals surface area (Å²) < 4.78 is 15.2. The minimum atomic E-state index is -0.177. The van der Waals surface area contributed by atoms with E-state index in [-0.39, 0.29) is 5.97 Å². The number of hydrogen-bond donors (Lipinski definition) is 2. The first-order chi connectivity index (χ1) is 11.6. The monoisotopic (exact) mass is 337 g/mol. The zero-order chi connectivity index (χ0) is 17.8. The van der Waals surface area contributed by atoms with Crippen molar-refractivity contribution in [2.75, 3.05) is 34.9 Å². The summed E-state index contributed by atoms with van der Waals surface area (Å²) in [4.78, 5) is 15.2. The molecule has 0 aliphatic carbocycles. The van der Waals surface area contributed by atoms with Crippen LogP contribution in [0.15, 0.2) is 23.2 Å². The highest BCUT2D eigenvalue weighted by molar-refractivity contribution is 5.79. The number of nitrogens with zero attached hydrogens (tertiary/aromatic N) is 1. The Bertz CT molecular complexity index is 547. The Balaban J connectivity index is 2.40. The SMILES string of the molecule is CN=C(NCCCCC(=O)OC)NCc1ccc(OC)cc1OC. The van der Waals surface area contributed by atoms with Gasteiger partial charge in [0, 0.05) is 38.2 Å². The van der Waals surface area contributed by atoms with Gasteiger partial charge < -0.3 is 24.8 Å². The highest BCUT2D eigenvalue weighted by atomic mass is 16.5. The molecule has 24 heavy (non-hydrogen) atoms. The van der Waals surface area contributed by atoms with E-state index in [1.165, 1.54) is 7.11 Å². The fourth-order valence-electron chi connectivity index (χ4n) is 2.10. The molecule has 1 rings (SSSR count). The molecule has 0 fully saturated rings. The molecule has 0 spiro atoms. The second-order valence-electron chi connectivity index (χ2n) is 5.06. The lowest BCUT2D eigenvalue weighted by Gasteiger charge is -2.14. The number of nitrogens with one attached hydrogen (secondary N) is 2. The van der Waals surface area contributed by atoms with Crippen LogP contribution in [0, 0.1) is 0 Å². The van der Waals surface area contributed by atoms with Crippen LogP contribution < -0.4 is 20.1 Å². The standard InChI is InChI=1S/C17H27N3O4/c1-18-17(19-10-6-5-7-16(21)24-4)20-12-13-8-9-14(22-2)11-15(13)23-3/h8-9,11H,5-7,10,12H2,1-4H3,(H2,18,19,20). The zero-order valence-corrected chi connectivity index (χ0v) is 14.8. The number of benzene rings is 1. The quantitative estimate of drug-likeness (QED) is 0.309. The summed E-state index contributed by atoms with van der Waals surface area (Å²) in [6.45, 7) is 1.31. The van der Waals surface area contributed by atoms with Crippen LogP contribution in [-0.4, -0.2) is 46.9 Å². The fourth-order valence-corrected chi connectivity index (χ4v) is 2.10. The topological polar surface area (TPSA) is 81.2 Å². The van der Waals surface area contributed by atoms with E-state index in [4.69, 9.17) is 9.47 Å². The lowest BCUT2D eigenvalue weighted by molar-refractivity contribution is -0.140. The summed E-state index contributed by atoms with van der Waals surface area (Å²) in [6, 6.07) is 5.69. The highest BCUT2D eigenvalue weighted by Crippen LogP contribution is 2.24. The molecule has 0 aliphatic rings. The predicted octanol–water partition coefficient (Wildman–Crippen LogP) is 1.71. The molecule has 0 radical (unpaired) electrons. The van der Waals surface area contributed by atoms with Crippen molar-refractivity contribution < 1.29 is 19.0 Å². The average Bonchev–Trinajstić information content (AvgIpc) is 2.63. The zero-order valence-electron chi connectivity index (χ0n) is 14.8. The molecule has 1 aromatic rings. The van der Waals surface area contributed by atoms with E-state index in [1.54, 1.807) is 21.3 Å². The molecule has 1 aromatic carbocycles. The van der Waals surface area contributed by atoms with E-state index >= 15 is 0 Å². The summed E-state index contributed by atoms with van der Waals surface area (Å²) in [5.74, 6) is 2.04.